The summed E-state index contributed by atoms with van der Waals surface area (Å²) in [5.41, 5.74) is 3.47. The molecule has 3 aromatic rings. The fraction of sp³-hybridized carbons (Fsp3) is 0.357. The second kappa shape index (κ2) is 12.3. The van der Waals surface area contributed by atoms with Gasteiger partial charge in [-0.3, -0.25) is 4.72 Å². The Labute approximate surface area is 218 Å². The van der Waals surface area contributed by atoms with E-state index in [2.05, 4.69) is 16.1 Å². The van der Waals surface area contributed by atoms with Crippen LogP contribution < -0.4 is 19.5 Å². The molecule has 0 bridgehead atoms. The Kier molecular flexibility index (Phi) is 8.91. The number of hydrogen-bond acceptors (Lipinski definition) is 7. The summed E-state index contributed by atoms with van der Waals surface area (Å²) in [6.07, 6.45) is 3.08. The number of fused-ring (bicyclic) bond motifs is 1. The molecule has 198 valence electrons. The molecule has 0 heterocycles. The molecule has 9 heteroatoms. The van der Waals surface area contributed by atoms with Crippen LogP contribution >= 0.6 is 0 Å². The van der Waals surface area contributed by atoms with Crippen molar-refractivity contribution in [2.24, 2.45) is 5.92 Å². The van der Waals surface area contributed by atoms with Crippen LogP contribution in [0.5, 0.6) is 17.2 Å². The van der Waals surface area contributed by atoms with E-state index in [0.717, 1.165) is 43.2 Å². The maximum Gasteiger partial charge on any atom is 0.229 e. The quantitative estimate of drug-likeness (QED) is 0.285. The first-order chi connectivity index (χ1) is 17.8. The van der Waals surface area contributed by atoms with Crippen molar-refractivity contribution in [3.63, 3.8) is 0 Å². The van der Waals surface area contributed by atoms with E-state index in [-0.39, 0.29) is 18.9 Å². The first-order valence-corrected chi connectivity index (χ1v) is 14.3. The molecule has 0 radical (unpaired) electrons. The lowest BCUT2D eigenvalue weighted by atomic mass is 9.83. The zero-order valence-electron chi connectivity index (χ0n) is 20.9. The molecule has 3 aromatic carbocycles. The fourth-order valence-corrected chi connectivity index (χ4v) is 5.04. The number of aromatic hydroxyl groups is 1. The smallest absolute Gasteiger partial charge is 0.229 e. The minimum absolute atomic E-state index is 0.0525. The Morgan fingerprint density at radius 2 is 1.86 bits per heavy atom. The molecule has 8 nitrogen and oxygen atoms in total. The standard InChI is InChI=1S/C28H34N2O6S/c1-37(33,34)30-26-15-24(11-13-28(26)36-18-20-6-3-2-4-7-20)35-19-23(31)17-29-16-21-10-12-25-22(14-21)8-5-9-27(25)32/h2-9,11,13,15,21,23,29-32H,10,12,14,16-19H2,1H3/t21?,23-/m1/s1. The van der Waals surface area contributed by atoms with Crippen LogP contribution in [0.3, 0.4) is 0 Å². The van der Waals surface area contributed by atoms with Crippen LogP contribution in [0.25, 0.3) is 0 Å². The number of hydrogen-bond donors (Lipinski definition) is 4. The van der Waals surface area contributed by atoms with Crippen molar-refractivity contribution in [1.29, 1.82) is 0 Å². The number of ether oxygens (including phenoxy) is 2. The number of nitrogens with one attached hydrogen (secondary N) is 2. The highest BCUT2D eigenvalue weighted by molar-refractivity contribution is 7.92. The number of sulfonamides is 1. The van der Waals surface area contributed by atoms with Crippen molar-refractivity contribution in [1.82, 2.24) is 5.32 Å². The molecule has 0 amide bonds. The maximum absolute atomic E-state index is 11.9. The molecule has 0 saturated carbocycles. The molecule has 1 unspecified atom stereocenters. The van der Waals surface area contributed by atoms with Gasteiger partial charge in [0.05, 0.1) is 11.9 Å². The third-order valence-electron chi connectivity index (χ3n) is 6.30. The lowest BCUT2D eigenvalue weighted by Crippen LogP contribution is -2.35. The minimum Gasteiger partial charge on any atom is -0.508 e. The molecule has 37 heavy (non-hydrogen) atoms. The van der Waals surface area contributed by atoms with Gasteiger partial charge in [0, 0.05) is 12.6 Å². The Morgan fingerprint density at radius 1 is 1.05 bits per heavy atom. The third kappa shape index (κ3) is 8.11. The normalized spacial score (nSPS) is 16.0. The number of anilines is 1. The van der Waals surface area contributed by atoms with Gasteiger partial charge >= 0.3 is 0 Å². The minimum atomic E-state index is -3.53. The Balaban J connectivity index is 1.26. The summed E-state index contributed by atoms with van der Waals surface area (Å²) in [4.78, 5) is 0. The van der Waals surface area contributed by atoms with E-state index < -0.39 is 16.1 Å². The van der Waals surface area contributed by atoms with Crippen molar-refractivity contribution in [3.05, 3.63) is 83.4 Å². The largest absolute Gasteiger partial charge is 0.508 e. The molecule has 4 N–H and O–H groups in total. The van der Waals surface area contributed by atoms with Crippen LogP contribution in [0.15, 0.2) is 66.7 Å². The highest BCUT2D eigenvalue weighted by Crippen LogP contribution is 2.32. The summed E-state index contributed by atoms with van der Waals surface area (Å²) in [5, 5.41) is 23.7. The lowest BCUT2D eigenvalue weighted by Gasteiger charge is -2.26. The van der Waals surface area contributed by atoms with E-state index in [4.69, 9.17) is 9.47 Å². The molecule has 0 spiro atoms. The number of rotatable bonds is 12. The molecule has 0 aromatic heterocycles. The number of benzene rings is 3. The van der Waals surface area contributed by atoms with Gasteiger partial charge in [0.2, 0.25) is 10.0 Å². The van der Waals surface area contributed by atoms with Crippen LogP contribution in [-0.2, 0) is 29.5 Å². The van der Waals surface area contributed by atoms with E-state index in [1.165, 1.54) is 5.56 Å². The van der Waals surface area contributed by atoms with Gasteiger partial charge in [-0.1, -0.05) is 42.5 Å². The number of aliphatic hydroxyl groups is 1. The monoisotopic (exact) mass is 526 g/mol. The predicted molar refractivity (Wildman–Crippen MR) is 144 cm³/mol. The highest BCUT2D eigenvalue weighted by atomic mass is 32.2. The van der Waals surface area contributed by atoms with E-state index >= 15 is 0 Å². The number of aliphatic hydroxyl groups excluding tert-OH is 1. The number of phenolic OH excluding ortho intramolecular Hbond substituents is 1. The first-order valence-electron chi connectivity index (χ1n) is 12.4. The molecular formula is C28H34N2O6S. The van der Waals surface area contributed by atoms with Gasteiger partial charge in [-0.05, 0) is 66.6 Å². The van der Waals surface area contributed by atoms with Gasteiger partial charge in [0.25, 0.3) is 0 Å². The van der Waals surface area contributed by atoms with Gasteiger partial charge in [-0.2, -0.15) is 0 Å². The Morgan fingerprint density at radius 3 is 2.65 bits per heavy atom. The van der Waals surface area contributed by atoms with E-state index in [1.54, 1.807) is 24.3 Å². The van der Waals surface area contributed by atoms with Crippen LogP contribution in [0.4, 0.5) is 5.69 Å². The second-order valence-electron chi connectivity index (χ2n) is 9.45. The Hall–Kier alpha value is -3.27. The van der Waals surface area contributed by atoms with Crippen LogP contribution in [-0.4, -0.2) is 50.7 Å². The van der Waals surface area contributed by atoms with Gasteiger partial charge in [0.15, 0.2) is 0 Å². The summed E-state index contributed by atoms with van der Waals surface area (Å²) in [7, 11) is -3.53. The zero-order valence-corrected chi connectivity index (χ0v) is 21.7. The second-order valence-corrected chi connectivity index (χ2v) is 11.2. The molecule has 0 saturated heterocycles. The van der Waals surface area contributed by atoms with Crippen molar-refractivity contribution < 1.29 is 28.1 Å². The summed E-state index contributed by atoms with van der Waals surface area (Å²) < 4.78 is 37.8. The fourth-order valence-electron chi connectivity index (χ4n) is 4.48. The zero-order chi connectivity index (χ0) is 26.3. The van der Waals surface area contributed by atoms with E-state index in [9.17, 15) is 18.6 Å². The molecule has 1 aliphatic rings. The summed E-state index contributed by atoms with van der Waals surface area (Å²) in [6, 6.07) is 20.1. The third-order valence-corrected chi connectivity index (χ3v) is 6.89. The SMILES string of the molecule is CS(=O)(=O)Nc1cc(OC[C@H](O)CNCC2CCc3c(O)cccc3C2)ccc1OCc1ccccc1. The van der Waals surface area contributed by atoms with E-state index in [0.29, 0.717) is 29.7 Å². The molecule has 4 rings (SSSR count). The maximum atomic E-state index is 11.9. The van der Waals surface area contributed by atoms with Gasteiger partial charge in [-0.25, -0.2) is 8.42 Å². The highest BCUT2D eigenvalue weighted by Gasteiger charge is 2.21. The van der Waals surface area contributed by atoms with E-state index in [1.807, 2.05) is 36.4 Å². The predicted octanol–water partition coefficient (Wildman–Crippen LogP) is 3.48. The molecule has 2 atom stereocenters. The lowest BCUT2D eigenvalue weighted by molar-refractivity contribution is 0.105. The molecule has 0 fully saturated rings. The first kappa shape index (κ1) is 26.8. The Bertz CT molecular complexity index is 1280. The van der Waals surface area contributed by atoms with Gasteiger partial charge in [-0.15, -0.1) is 0 Å². The summed E-state index contributed by atoms with van der Waals surface area (Å²) in [5.74, 6) is 1.62. The van der Waals surface area contributed by atoms with Crippen LogP contribution in [0, 0.1) is 5.92 Å². The summed E-state index contributed by atoms with van der Waals surface area (Å²) in [6.45, 7) is 1.48. The van der Waals surface area contributed by atoms with Gasteiger partial charge in [0.1, 0.15) is 36.6 Å². The van der Waals surface area contributed by atoms with Crippen LogP contribution in [0.2, 0.25) is 0 Å². The molecule has 0 aliphatic heterocycles. The average molecular weight is 527 g/mol. The number of phenols is 1. The average Bonchev–Trinajstić information content (AvgIpc) is 2.87. The van der Waals surface area contributed by atoms with Crippen LogP contribution in [0.1, 0.15) is 23.1 Å². The van der Waals surface area contributed by atoms with Crippen molar-refractivity contribution >= 4 is 15.7 Å². The van der Waals surface area contributed by atoms with Crippen molar-refractivity contribution in [3.8, 4) is 17.2 Å². The molecular weight excluding hydrogens is 492 g/mol. The van der Waals surface area contributed by atoms with Gasteiger partial charge < -0.3 is 25.0 Å². The van der Waals surface area contributed by atoms with Crippen molar-refractivity contribution in [2.45, 2.75) is 32.0 Å². The topological polar surface area (TPSA) is 117 Å². The molecule has 1 aliphatic carbocycles. The summed E-state index contributed by atoms with van der Waals surface area (Å²) >= 11 is 0. The van der Waals surface area contributed by atoms with Crippen molar-refractivity contribution in [2.75, 3.05) is 30.7 Å².